The summed E-state index contributed by atoms with van der Waals surface area (Å²) in [4.78, 5) is 27.0. The van der Waals surface area contributed by atoms with Crippen LogP contribution in [-0.4, -0.2) is 11.0 Å². The van der Waals surface area contributed by atoms with Gasteiger partial charge < -0.3 is 9.15 Å². The highest BCUT2D eigenvalue weighted by atomic mass is 16.5. The van der Waals surface area contributed by atoms with Gasteiger partial charge in [-0.3, -0.25) is 9.59 Å². The highest BCUT2D eigenvalue weighted by Gasteiger charge is 2.05. The van der Waals surface area contributed by atoms with E-state index in [1.54, 1.807) is 54.6 Å². The number of esters is 1. The van der Waals surface area contributed by atoms with Gasteiger partial charge in [-0.25, -0.2) is 0 Å². The predicted molar refractivity (Wildman–Crippen MR) is 87.0 cm³/mol. The standard InChI is InChI=1S/C18H13NO4/c1-12(20)22-15-8-4-2-6-13(15)10-11-17-19-18(21)14-7-3-5-9-16(14)23-17/h2-11H,1H3. The molecule has 0 saturated carbocycles. The van der Waals surface area contributed by atoms with Crippen molar-refractivity contribution >= 4 is 29.1 Å². The van der Waals surface area contributed by atoms with E-state index in [1.807, 2.05) is 6.07 Å². The number of hydrogen-bond acceptors (Lipinski definition) is 5. The molecule has 0 unspecified atom stereocenters. The SMILES string of the molecule is CC(=O)Oc1ccccc1C=Cc1nc(=O)c2ccccc2o1. The third-order valence-electron chi connectivity index (χ3n) is 3.12. The molecule has 1 aromatic heterocycles. The number of hydrogen-bond donors (Lipinski definition) is 0. The van der Waals surface area contributed by atoms with Gasteiger partial charge in [0.25, 0.3) is 5.56 Å². The molecule has 0 aliphatic heterocycles. The molecular weight excluding hydrogens is 294 g/mol. The number of carbonyl (C=O) groups is 1. The Kier molecular flexibility index (Phi) is 4.01. The summed E-state index contributed by atoms with van der Waals surface area (Å²) in [7, 11) is 0. The van der Waals surface area contributed by atoms with Gasteiger partial charge in [0.15, 0.2) is 0 Å². The number of benzene rings is 2. The topological polar surface area (TPSA) is 69.4 Å². The van der Waals surface area contributed by atoms with Gasteiger partial charge in [-0.15, -0.1) is 0 Å². The molecule has 0 bridgehead atoms. The molecule has 0 radical (unpaired) electrons. The minimum atomic E-state index is -0.402. The fraction of sp³-hybridized carbons (Fsp3) is 0.0556. The minimum absolute atomic E-state index is 0.186. The van der Waals surface area contributed by atoms with Gasteiger partial charge in [0.1, 0.15) is 11.3 Å². The van der Waals surface area contributed by atoms with E-state index in [4.69, 9.17) is 9.15 Å². The number of carbonyl (C=O) groups excluding carboxylic acids is 1. The van der Waals surface area contributed by atoms with Crippen LogP contribution in [-0.2, 0) is 4.79 Å². The van der Waals surface area contributed by atoms with E-state index >= 15 is 0 Å². The third-order valence-corrected chi connectivity index (χ3v) is 3.12. The monoisotopic (exact) mass is 307 g/mol. The molecule has 0 saturated heterocycles. The van der Waals surface area contributed by atoms with Crippen molar-refractivity contribution in [3.8, 4) is 5.75 Å². The summed E-state index contributed by atoms with van der Waals surface area (Å²) in [5, 5.41) is 0.435. The maximum absolute atomic E-state index is 11.9. The van der Waals surface area contributed by atoms with E-state index in [0.29, 0.717) is 22.3 Å². The second-order valence-electron chi connectivity index (χ2n) is 4.82. The second-order valence-corrected chi connectivity index (χ2v) is 4.82. The van der Waals surface area contributed by atoms with Gasteiger partial charge >= 0.3 is 5.97 Å². The zero-order valence-electron chi connectivity index (χ0n) is 12.4. The molecule has 0 N–H and O–H groups in total. The lowest BCUT2D eigenvalue weighted by atomic mass is 10.2. The first-order valence-electron chi connectivity index (χ1n) is 6.99. The second kappa shape index (κ2) is 6.27. The average Bonchev–Trinajstić information content (AvgIpc) is 2.54. The first kappa shape index (κ1) is 14.7. The molecule has 0 aliphatic carbocycles. The van der Waals surface area contributed by atoms with Gasteiger partial charge in [-0.2, -0.15) is 4.98 Å². The third kappa shape index (κ3) is 3.35. The number of nitrogens with zero attached hydrogens (tertiary/aromatic N) is 1. The number of para-hydroxylation sites is 2. The zero-order chi connectivity index (χ0) is 16.2. The Morgan fingerprint density at radius 3 is 2.65 bits per heavy atom. The Morgan fingerprint density at radius 2 is 1.83 bits per heavy atom. The van der Waals surface area contributed by atoms with Crippen molar-refractivity contribution in [2.45, 2.75) is 6.92 Å². The van der Waals surface area contributed by atoms with E-state index in [-0.39, 0.29) is 11.4 Å². The highest BCUT2D eigenvalue weighted by molar-refractivity contribution is 5.77. The first-order chi connectivity index (χ1) is 11.1. The van der Waals surface area contributed by atoms with Crippen LogP contribution >= 0.6 is 0 Å². The van der Waals surface area contributed by atoms with Crippen molar-refractivity contribution in [2.75, 3.05) is 0 Å². The molecule has 0 atom stereocenters. The van der Waals surface area contributed by atoms with Crippen LogP contribution in [0.2, 0.25) is 0 Å². The van der Waals surface area contributed by atoms with Crippen LogP contribution in [0.3, 0.4) is 0 Å². The fourth-order valence-electron chi connectivity index (χ4n) is 2.13. The summed E-state index contributed by atoms with van der Waals surface area (Å²) in [6.07, 6.45) is 3.24. The maximum Gasteiger partial charge on any atom is 0.308 e. The molecule has 0 amide bonds. The van der Waals surface area contributed by atoms with Crippen molar-refractivity contribution in [3.63, 3.8) is 0 Å². The summed E-state index contributed by atoms with van der Waals surface area (Å²) >= 11 is 0. The quantitative estimate of drug-likeness (QED) is 0.548. The molecule has 5 nitrogen and oxygen atoms in total. The van der Waals surface area contributed by atoms with Crippen LogP contribution in [0.25, 0.3) is 23.1 Å². The summed E-state index contributed by atoms with van der Waals surface area (Å²) in [6.45, 7) is 1.34. The average molecular weight is 307 g/mol. The molecule has 23 heavy (non-hydrogen) atoms. The molecule has 0 spiro atoms. The number of aromatic nitrogens is 1. The van der Waals surface area contributed by atoms with Gasteiger partial charge in [0.2, 0.25) is 5.89 Å². The van der Waals surface area contributed by atoms with Crippen LogP contribution in [0.5, 0.6) is 5.75 Å². The zero-order valence-corrected chi connectivity index (χ0v) is 12.4. The van der Waals surface area contributed by atoms with E-state index in [9.17, 15) is 9.59 Å². The Morgan fingerprint density at radius 1 is 1.09 bits per heavy atom. The van der Waals surface area contributed by atoms with Crippen molar-refractivity contribution in [1.29, 1.82) is 0 Å². The lowest BCUT2D eigenvalue weighted by molar-refractivity contribution is -0.131. The van der Waals surface area contributed by atoms with E-state index in [1.165, 1.54) is 6.92 Å². The molecule has 0 fully saturated rings. The summed E-state index contributed by atoms with van der Waals surface area (Å²) in [6, 6.07) is 14.0. The van der Waals surface area contributed by atoms with Gasteiger partial charge in [0, 0.05) is 18.6 Å². The Bertz CT molecular complexity index is 956. The van der Waals surface area contributed by atoms with Crippen LogP contribution in [0.4, 0.5) is 0 Å². The summed E-state index contributed by atoms with van der Waals surface area (Å²) in [5.41, 5.74) is 0.806. The maximum atomic E-state index is 11.9. The van der Waals surface area contributed by atoms with Crippen molar-refractivity contribution in [1.82, 2.24) is 4.98 Å². The molecular formula is C18H13NO4. The molecule has 114 valence electrons. The Labute approximate surface area is 131 Å². The first-order valence-corrected chi connectivity index (χ1v) is 6.99. The van der Waals surface area contributed by atoms with Gasteiger partial charge in [0.05, 0.1) is 5.39 Å². The predicted octanol–water partition coefficient (Wildman–Crippen LogP) is 3.28. The molecule has 1 heterocycles. The highest BCUT2D eigenvalue weighted by Crippen LogP contribution is 2.21. The van der Waals surface area contributed by atoms with Crippen LogP contribution in [0.1, 0.15) is 18.4 Å². The van der Waals surface area contributed by atoms with Crippen molar-refractivity contribution in [2.24, 2.45) is 0 Å². The number of rotatable bonds is 3. The molecule has 3 aromatic rings. The van der Waals surface area contributed by atoms with Crippen LogP contribution < -0.4 is 10.3 Å². The van der Waals surface area contributed by atoms with Gasteiger partial charge in [-0.05, 0) is 24.3 Å². The molecule has 3 rings (SSSR count). The van der Waals surface area contributed by atoms with Crippen LogP contribution in [0, 0.1) is 0 Å². The lowest BCUT2D eigenvalue weighted by Crippen LogP contribution is -2.06. The van der Waals surface area contributed by atoms with Crippen molar-refractivity contribution < 1.29 is 13.9 Å². The van der Waals surface area contributed by atoms with E-state index in [2.05, 4.69) is 4.98 Å². The van der Waals surface area contributed by atoms with Gasteiger partial charge in [-0.1, -0.05) is 30.3 Å². The Hall–Kier alpha value is -3.21. The molecule has 0 aliphatic rings. The Balaban J connectivity index is 1.98. The van der Waals surface area contributed by atoms with Crippen molar-refractivity contribution in [3.05, 3.63) is 70.3 Å². The summed E-state index contributed by atoms with van der Waals surface area (Å²) < 4.78 is 10.7. The number of fused-ring (bicyclic) bond motifs is 1. The normalized spacial score (nSPS) is 11.0. The smallest absolute Gasteiger partial charge is 0.308 e. The van der Waals surface area contributed by atoms with E-state index < -0.39 is 5.97 Å². The van der Waals surface area contributed by atoms with Crippen LogP contribution in [0.15, 0.2) is 57.7 Å². The number of ether oxygens (including phenoxy) is 1. The lowest BCUT2D eigenvalue weighted by Gasteiger charge is -2.04. The molecule has 5 heteroatoms. The fourth-order valence-corrected chi connectivity index (χ4v) is 2.13. The largest absolute Gasteiger partial charge is 0.438 e. The molecule has 2 aromatic carbocycles. The van der Waals surface area contributed by atoms with E-state index in [0.717, 1.165) is 0 Å². The summed E-state index contributed by atoms with van der Waals surface area (Å²) in [5.74, 6) is 0.215. The minimum Gasteiger partial charge on any atom is -0.438 e.